The minimum atomic E-state index is -3.53. The molecule has 0 spiro atoms. The first-order chi connectivity index (χ1) is 8.47. The molecule has 3 N–H and O–H groups in total. The van der Waals surface area contributed by atoms with Crippen LogP contribution in [0.15, 0.2) is 23.2 Å². The maximum absolute atomic E-state index is 12.1. The molecule has 2 unspecified atom stereocenters. The number of anilines is 1. The smallest absolute Gasteiger partial charge is 0.241 e. The number of nitrogens with zero attached hydrogens (tertiary/aromatic N) is 1. The Labute approximate surface area is 107 Å². The summed E-state index contributed by atoms with van der Waals surface area (Å²) in [5.41, 5.74) is 5.49. The Morgan fingerprint density at radius 1 is 1.56 bits per heavy atom. The molecule has 2 heterocycles. The zero-order chi connectivity index (χ0) is 13.2. The minimum Gasteiger partial charge on any atom is -0.384 e. The van der Waals surface area contributed by atoms with Gasteiger partial charge in [0.05, 0.1) is 11.0 Å². The molecule has 0 bridgehead atoms. The Bertz CT molecular complexity index is 518. The van der Waals surface area contributed by atoms with Crippen LogP contribution in [0.5, 0.6) is 0 Å². The highest BCUT2D eigenvalue weighted by Gasteiger charge is 2.25. The maximum Gasteiger partial charge on any atom is 0.241 e. The van der Waals surface area contributed by atoms with E-state index in [0.29, 0.717) is 19.4 Å². The van der Waals surface area contributed by atoms with Crippen molar-refractivity contribution in [3.8, 4) is 0 Å². The van der Waals surface area contributed by atoms with Crippen molar-refractivity contribution in [1.82, 2.24) is 9.71 Å². The van der Waals surface area contributed by atoms with E-state index >= 15 is 0 Å². The largest absolute Gasteiger partial charge is 0.384 e. The van der Waals surface area contributed by atoms with E-state index < -0.39 is 10.0 Å². The highest BCUT2D eigenvalue weighted by molar-refractivity contribution is 7.89. The molecule has 1 aliphatic heterocycles. The van der Waals surface area contributed by atoms with Gasteiger partial charge in [0.1, 0.15) is 5.82 Å². The molecule has 2 atom stereocenters. The van der Waals surface area contributed by atoms with Crippen molar-refractivity contribution in [3.05, 3.63) is 18.3 Å². The van der Waals surface area contributed by atoms with Gasteiger partial charge in [-0.1, -0.05) is 0 Å². The maximum atomic E-state index is 12.1. The van der Waals surface area contributed by atoms with Crippen molar-refractivity contribution >= 4 is 15.8 Å². The van der Waals surface area contributed by atoms with Crippen LogP contribution in [0.1, 0.15) is 19.8 Å². The summed E-state index contributed by atoms with van der Waals surface area (Å²) in [6.45, 7) is 2.51. The van der Waals surface area contributed by atoms with Gasteiger partial charge in [-0.3, -0.25) is 0 Å². The van der Waals surface area contributed by atoms with E-state index in [1.807, 2.05) is 6.92 Å². The van der Waals surface area contributed by atoms with Crippen LogP contribution >= 0.6 is 0 Å². The van der Waals surface area contributed by atoms with E-state index in [9.17, 15) is 8.42 Å². The number of nitrogens with two attached hydrogens (primary N) is 1. The summed E-state index contributed by atoms with van der Waals surface area (Å²) < 4.78 is 32.3. The standard InChI is InChI=1S/C11H17N3O3S/c1-8-6-9(3-5-17-8)14-18(15,16)10-2-4-13-11(12)7-10/h2,4,7-9,14H,3,5-6H2,1H3,(H2,12,13). The third-order valence-corrected chi connectivity index (χ3v) is 4.39. The van der Waals surface area contributed by atoms with Gasteiger partial charge in [-0.05, 0) is 25.8 Å². The van der Waals surface area contributed by atoms with Crippen LogP contribution in [0.4, 0.5) is 5.82 Å². The van der Waals surface area contributed by atoms with Crippen LogP contribution in [0.25, 0.3) is 0 Å². The summed E-state index contributed by atoms with van der Waals surface area (Å²) in [6, 6.07) is 2.69. The van der Waals surface area contributed by atoms with E-state index in [0.717, 1.165) is 0 Å². The fraction of sp³-hybridized carbons (Fsp3) is 0.545. The zero-order valence-corrected chi connectivity index (χ0v) is 11.0. The Kier molecular flexibility index (Phi) is 3.84. The van der Waals surface area contributed by atoms with Gasteiger partial charge in [0.25, 0.3) is 0 Å². The minimum absolute atomic E-state index is 0.0777. The van der Waals surface area contributed by atoms with Crippen LogP contribution in [0.2, 0.25) is 0 Å². The van der Waals surface area contributed by atoms with E-state index in [4.69, 9.17) is 10.5 Å². The molecule has 0 radical (unpaired) electrons. The monoisotopic (exact) mass is 271 g/mol. The van der Waals surface area contributed by atoms with Gasteiger partial charge < -0.3 is 10.5 Å². The predicted octanol–water partition coefficient (Wildman–Crippen LogP) is 0.510. The molecule has 0 aromatic carbocycles. The average Bonchev–Trinajstić information content (AvgIpc) is 2.28. The van der Waals surface area contributed by atoms with Crippen LogP contribution in [0, 0.1) is 0 Å². The Balaban J connectivity index is 2.12. The van der Waals surface area contributed by atoms with Crippen molar-refractivity contribution in [2.75, 3.05) is 12.3 Å². The highest BCUT2D eigenvalue weighted by Crippen LogP contribution is 2.17. The van der Waals surface area contributed by atoms with Gasteiger partial charge in [0, 0.05) is 24.9 Å². The number of nitrogens with one attached hydrogen (secondary N) is 1. The summed E-state index contributed by atoms with van der Waals surface area (Å²) in [6.07, 6.45) is 2.83. The van der Waals surface area contributed by atoms with Crippen molar-refractivity contribution in [3.63, 3.8) is 0 Å². The molecule has 0 aliphatic carbocycles. The fourth-order valence-electron chi connectivity index (χ4n) is 1.99. The number of rotatable bonds is 3. The van der Waals surface area contributed by atoms with Crippen molar-refractivity contribution in [2.45, 2.75) is 36.8 Å². The molecule has 18 heavy (non-hydrogen) atoms. The second-order valence-corrected chi connectivity index (χ2v) is 6.15. The number of ether oxygens (including phenoxy) is 1. The number of sulfonamides is 1. The molecular weight excluding hydrogens is 254 g/mol. The van der Waals surface area contributed by atoms with Crippen LogP contribution in [-0.4, -0.2) is 32.2 Å². The molecule has 1 fully saturated rings. The predicted molar refractivity (Wildman–Crippen MR) is 67.4 cm³/mol. The summed E-state index contributed by atoms with van der Waals surface area (Å²) in [5.74, 6) is 0.193. The van der Waals surface area contributed by atoms with Gasteiger partial charge in [-0.2, -0.15) is 0 Å². The lowest BCUT2D eigenvalue weighted by atomic mass is 10.1. The number of aromatic nitrogens is 1. The highest BCUT2D eigenvalue weighted by atomic mass is 32.2. The molecule has 1 aliphatic rings. The van der Waals surface area contributed by atoms with Gasteiger partial charge in [0.15, 0.2) is 0 Å². The summed E-state index contributed by atoms with van der Waals surface area (Å²) in [7, 11) is -3.53. The van der Waals surface area contributed by atoms with Crippen LogP contribution in [0.3, 0.4) is 0 Å². The van der Waals surface area contributed by atoms with Crippen molar-refractivity contribution < 1.29 is 13.2 Å². The molecule has 1 aromatic heterocycles. The number of pyridine rings is 1. The molecule has 1 aromatic rings. The van der Waals surface area contributed by atoms with Crippen molar-refractivity contribution in [2.24, 2.45) is 0 Å². The van der Waals surface area contributed by atoms with Gasteiger partial charge in [-0.15, -0.1) is 0 Å². The first kappa shape index (κ1) is 13.3. The van der Waals surface area contributed by atoms with E-state index in [1.165, 1.54) is 18.3 Å². The molecule has 1 saturated heterocycles. The SMILES string of the molecule is CC1CC(NS(=O)(=O)c2ccnc(N)c2)CCO1. The second-order valence-electron chi connectivity index (χ2n) is 4.44. The van der Waals surface area contributed by atoms with E-state index in [-0.39, 0.29) is 22.9 Å². The second kappa shape index (κ2) is 5.21. The molecule has 100 valence electrons. The molecular formula is C11H17N3O3S. The normalized spacial score (nSPS) is 24.9. The zero-order valence-electron chi connectivity index (χ0n) is 10.2. The summed E-state index contributed by atoms with van der Waals surface area (Å²) in [5, 5.41) is 0. The molecule has 0 amide bonds. The lowest BCUT2D eigenvalue weighted by Crippen LogP contribution is -2.41. The van der Waals surface area contributed by atoms with Gasteiger partial charge in [0.2, 0.25) is 10.0 Å². The Morgan fingerprint density at radius 3 is 3.00 bits per heavy atom. The lowest BCUT2D eigenvalue weighted by Gasteiger charge is -2.27. The number of hydrogen-bond acceptors (Lipinski definition) is 5. The quantitative estimate of drug-likeness (QED) is 0.835. The average molecular weight is 271 g/mol. The number of nitrogen functional groups attached to an aromatic ring is 1. The van der Waals surface area contributed by atoms with Crippen LogP contribution in [-0.2, 0) is 14.8 Å². The molecule has 6 nitrogen and oxygen atoms in total. The van der Waals surface area contributed by atoms with E-state index in [2.05, 4.69) is 9.71 Å². The Hall–Kier alpha value is -1.18. The van der Waals surface area contributed by atoms with Crippen LogP contribution < -0.4 is 10.5 Å². The third-order valence-electron chi connectivity index (χ3n) is 2.87. The fourth-order valence-corrected chi connectivity index (χ4v) is 3.29. The van der Waals surface area contributed by atoms with Gasteiger partial charge in [-0.25, -0.2) is 18.1 Å². The molecule has 7 heteroatoms. The lowest BCUT2D eigenvalue weighted by molar-refractivity contribution is 0.0173. The van der Waals surface area contributed by atoms with Crippen molar-refractivity contribution in [1.29, 1.82) is 0 Å². The molecule has 2 rings (SSSR count). The first-order valence-electron chi connectivity index (χ1n) is 5.83. The van der Waals surface area contributed by atoms with E-state index in [1.54, 1.807) is 0 Å². The topological polar surface area (TPSA) is 94.3 Å². The summed E-state index contributed by atoms with van der Waals surface area (Å²) >= 11 is 0. The summed E-state index contributed by atoms with van der Waals surface area (Å²) in [4.78, 5) is 3.93. The first-order valence-corrected chi connectivity index (χ1v) is 7.31. The third kappa shape index (κ3) is 3.18. The molecule has 0 saturated carbocycles. The van der Waals surface area contributed by atoms with Gasteiger partial charge >= 0.3 is 0 Å². The Morgan fingerprint density at radius 2 is 2.33 bits per heavy atom. The number of hydrogen-bond donors (Lipinski definition) is 2.